The van der Waals surface area contributed by atoms with Crippen LogP contribution >= 0.6 is 0 Å². The second-order valence-electron chi connectivity index (χ2n) is 4.89. The van der Waals surface area contributed by atoms with Crippen LogP contribution in [0.3, 0.4) is 0 Å². The van der Waals surface area contributed by atoms with Crippen molar-refractivity contribution in [2.24, 2.45) is 10.2 Å². The molecule has 0 bridgehead atoms. The fraction of sp³-hybridized carbons (Fsp3) is 0.500. The lowest BCUT2D eigenvalue weighted by atomic mass is 10.0. The van der Waals surface area contributed by atoms with E-state index in [0.717, 1.165) is 0 Å². The second-order valence-corrected chi connectivity index (χ2v) is 4.89. The predicted octanol–water partition coefficient (Wildman–Crippen LogP) is 2.32. The molecule has 0 aliphatic rings. The Morgan fingerprint density at radius 2 is 1.55 bits per heavy atom. The van der Waals surface area contributed by atoms with Crippen molar-refractivity contribution in [2.75, 3.05) is 6.54 Å². The molecule has 0 atom stereocenters. The standard InChI is InChI=1S/C13H21N3O2.CH3N/c1-7-9-14-11(18)13(5,6)16-15-12(3,4)10(17)8-2;1-2/h7-8H,1-2,9H2,3-6H3,(H,14,18);2H,1H2. The first kappa shape index (κ1) is 20.2. The van der Waals surface area contributed by atoms with Crippen LogP contribution in [0.25, 0.3) is 0 Å². The van der Waals surface area contributed by atoms with Gasteiger partial charge in [0.25, 0.3) is 0 Å². The first-order valence-electron chi connectivity index (χ1n) is 6.03. The number of hydrogen-bond donors (Lipinski definition) is 2. The number of amides is 1. The molecule has 0 rings (SSSR count). The number of ketones is 1. The van der Waals surface area contributed by atoms with E-state index in [1.165, 1.54) is 6.08 Å². The first-order chi connectivity index (χ1) is 9.17. The molecule has 2 N–H and O–H groups in total. The van der Waals surface area contributed by atoms with E-state index in [1.54, 1.807) is 33.8 Å². The maximum absolute atomic E-state index is 11.8. The Kier molecular flexibility index (Phi) is 8.99. The Balaban J connectivity index is 0. The van der Waals surface area contributed by atoms with Crippen LogP contribution in [-0.4, -0.2) is 36.0 Å². The first-order valence-corrected chi connectivity index (χ1v) is 6.03. The summed E-state index contributed by atoms with van der Waals surface area (Å²) in [6.07, 6.45) is 2.78. The minimum absolute atomic E-state index is 0.242. The normalized spacial score (nSPS) is 11.2. The number of hydrogen-bond acceptors (Lipinski definition) is 5. The number of nitrogens with zero attached hydrogens (tertiary/aromatic N) is 2. The molecule has 0 radical (unpaired) electrons. The summed E-state index contributed by atoms with van der Waals surface area (Å²) in [5, 5.41) is 16.0. The van der Waals surface area contributed by atoms with Gasteiger partial charge in [0, 0.05) is 6.54 Å². The van der Waals surface area contributed by atoms with Crippen molar-refractivity contribution < 1.29 is 9.59 Å². The molecule has 6 nitrogen and oxygen atoms in total. The molecule has 112 valence electrons. The van der Waals surface area contributed by atoms with Crippen molar-refractivity contribution in [3.05, 3.63) is 25.3 Å². The van der Waals surface area contributed by atoms with Gasteiger partial charge in [-0.1, -0.05) is 12.7 Å². The summed E-state index contributed by atoms with van der Waals surface area (Å²) in [5.41, 5.74) is -2.03. The van der Waals surface area contributed by atoms with Crippen molar-refractivity contribution in [2.45, 2.75) is 38.8 Å². The third kappa shape index (κ3) is 6.72. The Hall–Kier alpha value is -2.11. The largest absolute Gasteiger partial charge is 0.350 e. The lowest BCUT2D eigenvalue weighted by Gasteiger charge is -2.20. The summed E-state index contributed by atoms with van der Waals surface area (Å²) >= 11 is 0. The van der Waals surface area contributed by atoms with Gasteiger partial charge in [0.1, 0.15) is 5.54 Å². The van der Waals surface area contributed by atoms with Crippen molar-refractivity contribution in [3.8, 4) is 0 Å². The van der Waals surface area contributed by atoms with Gasteiger partial charge in [-0.05, 0) is 40.5 Å². The number of rotatable bonds is 7. The summed E-state index contributed by atoms with van der Waals surface area (Å²) < 4.78 is 0. The summed E-state index contributed by atoms with van der Waals surface area (Å²) in [6, 6.07) is 0. The van der Waals surface area contributed by atoms with Crippen molar-refractivity contribution in [3.63, 3.8) is 0 Å². The van der Waals surface area contributed by atoms with E-state index in [-0.39, 0.29) is 11.7 Å². The molecule has 0 aromatic carbocycles. The van der Waals surface area contributed by atoms with E-state index in [2.05, 4.69) is 35.4 Å². The van der Waals surface area contributed by atoms with E-state index in [4.69, 9.17) is 5.41 Å². The average molecular weight is 280 g/mol. The molecule has 0 heterocycles. The van der Waals surface area contributed by atoms with Gasteiger partial charge in [-0.15, -0.1) is 6.58 Å². The molecule has 1 amide bonds. The summed E-state index contributed by atoms with van der Waals surface area (Å²) in [4.78, 5) is 23.3. The number of azo groups is 1. The van der Waals surface area contributed by atoms with Crippen LogP contribution in [0, 0.1) is 5.41 Å². The zero-order valence-corrected chi connectivity index (χ0v) is 12.7. The molecule has 0 aromatic heterocycles. The zero-order valence-electron chi connectivity index (χ0n) is 12.7. The number of nitrogens with one attached hydrogen (secondary N) is 2. The van der Waals surface area contributed by atoms with Gasteiger partial charge in [-0.3, -0.25) is 9.59 Å². The molecule has 6 heteroatoms. The molecule has 0 fully saturated rings. The van der Waals surface area contributed by atoms with Crippen LogP contribution < -0.4 is 5.32 Å². The molecular weight excluding hydrogens is 256 g/mol. The molecule has 20 heavy (non-hydrogen) atoms. The van der Waals surface area contributed by atoms with Crippen LogP contribution in [0.15, 0.2) is 35.5 Å². The molecule has 0 aliphatic carbocycles. The zero-order chi connectivity index (χ0) is 16.4. The van der Waals surface area contributed by atoms with E-state index in [0.29, 0.717) is 6.54 Å². The van der Waals surface area contributed by atoms with E-state index in [1.807, 2.05) is 0 Å². The van der Waals surface area contributed by atoms with E-state index >= 15 is 0 Å². The van der Waals surface area contributed by atoms with Crippen LogP contribution in [0.5, 0.6) is 0 Å². The number of carbonyl (C=O) groups is 2. The van der Waals surface area contributed by atoms with E-state index in [9.17, 15) is 9.59 Å². The quantitative estimate of drug-likeness (QED) is 0.324. The summed E-state index contributed by atoms with van der Waals surface area (Å²) in [5.74, 6) is -0.512. The maximum Gasteiger partial charge on any atom is 0.249 e. The van der Waals surface area contributed by atoms with Gasteiger partial charge in [0.05, 0.1) is 0 Å². The average Bonchev–Trinajstić information content (AvgIpc) is 2.43. The molecule has 0 aromatic rings. The Labute approximate surface area is 120 Å². The topological polar surface area (TPSA) is 94.7 Å². The summed E-state index contributed by atoms with van der Waals surface area (Å²) in [6.45, 7) is 16.3. The van der Waals surface area contributed by atoms with Crippen molar-refractivity contribution in [1.29, 1.82) is 5.41 Å². The van der Waals surface area contributed by atoms with Crippen LogP contribution in [-0.2, 0) is 9.59 Å². The molecule has 0 unspecified atom stereocenters. The van der Waals surface area contributed by atoms with Gasteiger partial charge in [0.15, 0.2) is 11.3 Å². The lowest BCUT2D eigenvalue weighted by molar-refractivity contribution is -0.125. The summed E-state index contributed by atoms with van der Waals surface area (Å²) in [7, 11) is 0. The Morgan fingerprint density at radius 1 is 1.10 bits per heavy atom. The smallest absolute Gasteiger partial charge is 0.249 e. The highest BCUT2D eigenvalue weighted by Crippen LogP contribution is 2.17. The highest BCUT2D eigenvalue weighted by atomic mass is 16.2. The Bertz CT molecular complexity index is 398. The fourth-order valence-corrected chi connectivity index (χ4v) is 0.976. The van der Waals surface area contributed by atoms with E-state index < -0.39 is 11.1 Å². The highest BCUT2D eigenvalue weighted by molar-refractivity contribution is 5.96. The van der Waals surface area contributed by atoms with Gasteiger partial charge >= 0.3 is 0 Å². The molecule has 0 aliphatic heterocycles. The molecule has 0 spiro atoms. The monoisotopic (exact) mass is 280 g/mol. The Morgan fingerprint density at radius 3 is 1.95 bits per heavy atom. The van der Waals surface area contributed by atoms with Gasteiger partial charge in [0.2, 0.25) is 5.91 Å². The minimum Gasteiger partial charge on any atom is -0.350 e. The molecule has 0 saturated carbocycles. The third-order valence-electron chi connectivity index (χ3n) is 2.30. The third-order valence-corrected chi connectivity index (χ3v) is 2.30. The highest BCUT2D eigenvalue weighted by Gasteiger charge is 2.30. The minimum atomic E-state index is -1.03. The van der Waals surface area contributed by atoms with Gasteiger partial charge in [-0.2, -0.15) is 10.2 Å². The number of carbonyl (C=O) groups excluding carboxylic acids is 2. The predicted molar refractivity (Wildman–Crippen MR) is 81.3 cm³/mol. The fourth-order valence-electron chi connectivity index (χ4n) is 0.976. The lowest BCUT2D eigenvalue weighted by Crippen LogP contribution is -2.41. The molecular formula is C14H24N4O2. The SMILES string of the molecule is C=CCNC(=O)C(C)(C)N=NC(C)(C)C(=O)C=C.C=N. The van der Waals surface area contributed by atoms with Gasteiger partial charge < -0.3 is 10.7 Å². The van der Waals surface area contributed by atoms with Crippen LogP contribution in [0.2, 0.25) is 0 Å². The van der Waals surface area contributed by atoms with Crippen LogP contribution in [0.1, 0.15) is 27.7 Å². The van der Waals surface area contributed by atoms with Gasteiger partial charge in [-0.25, -0.2) is 0 Å². The molecule has 0 saturated heterocycles. The second kappa shape index (κ2) is 8.90. The van der Waals surface area contributed by atoms with Crippen LogP contribution in [0.4, 0.5) is 0 Å². The maximum atomic E-state index is 11.8. The van der Waals surface area contributed by atoms with Crippen molar-refractivity contribution in [1.82, 2.24) is 5.32 Å². The van der Waals surface area contributed by atoms with Crippen molar-refractivity contribution >= 4 is 18.4 Å².